The lowest BCUT2D eigenvalue weighted by Crippen LogP contribution is -2.63. The number of hydrogen-bond acceptors (Lipinski definition) is 3. The molecule has 126 valence electrons. The van der Waals surface area contributed by atoms with Crippen LogP contribution in [-0.2, 0) is 4.74 Å². The number of benzene rings is 2. The van der Waals surface area contributed by atoms with Crippen LogP contribution >= 0.6 is 0 Å². The van der Waals surface area contributed by atoms with Crippen molar-refractivity contribution in [2.45, 2.75) is 18.0 Å². The first kappa shape index (κ1) is 15.8. The molecule has 3 nitrogen and oxygen atoms in total. The lowest BCUT2D eigenvalue weighted by Gasteiger charge is -2.50. The highest BCUT2D eigenvalue weighted by atomic mass is 16.5. The van der Waals surface area contributed by atoms with Gasteiger partial charge in [0.15, 0.2) is 0 Å². The van der Waals surface area contributed by atoms with E-state index in [1.54, 1.807) is 0 Å². The van der Waals surface area contributed by atoms with Gasteiger partial charge in [-0.15, -0.1) is 0 Å². The SMILES string of the molecule is CN1CC2COCCN2C(C(c2ccccc2)c2ccccc2)C1. The molecule has 2 unspecified atom stereocenters. The zero-order chi connectivity index (χ0) is 16.4. The van der Waals surface area contributed by atoms with E-state index >= 15 is 0 Å². The molecular weight excluding hydrogens is 296 g/mol. The van der Waals surface area contributed by atoms with Crippen molar-refractivity contribution in [3.63, 3.8) is 0 Å². The summed E-state index contributed by atoms with van der Waals surface area (Å²) in [6.07, 6.45) is 0. The first-order valence-electron chi connectivity index (χ1n) is 8.95. The monoisotopic (exact) mass is 322 g/mol. The second-order valence-electron chi connectivity index (χ2n) is 7.05. The van der Waals surface area contributed by atoms with Crippen LogP contribution in [-0.4, -0.2) is 61.8 Å². The lowest BCUT2D eigenvalue weighted by molar-refractivity contribution is -0.0709. The molecule has 24 heavy (non-hydrogen) atoms. The van der Waals surface area contributed by atoms with Crippen LogP contribution in [0.4, 0.5) is 0 Å². The number of likely N-dealkylation sites (N-methyl/N-ethyl adjacent to an activating group) is 1. The lowest BCUT2D eigenvalue weighted by atomic mass is 9.82. The van der Waals surface area contributed by atoms with Gasteiger partial charge in [0.05, 0.1) is 13.2 Å². The molecule has 2 saturated heterocycles. The zero-order valence-electron chi connectivity index (χ0n) is 14.3. The Morgan fingerprint density at radius 1 is 0.917 bits per heavy atom. The maximum Gasteiger partial charge on any atom is 0.0635 e. The summed E-state index contributed by atoms with van der Waals surface area (Å²) in [5.41, 5.74) is 2.82. The topological polar surface area (TPSA) is 15.7 Å². The molecule has 0 amide bonds. The molecule has 0 bridgehead atoms. The molecule has 0 spiro atoms. The fourth-order valence-electron chi connectivity index (χ4n) is 4.37. The Balaban J connectivity index is 1.74. The molecule has 2 aliphatic rings. The molecule has 4 rings (SSSR count). The van der Waals surface area contributed by atoms with E-state index in [1.807, 2.05) is 0 Å². The zero-order valence-corrected chi connectivity index (χ0v) is 14.3. The van der Waals surface area contributed by atoms with E-state index in [2.05, 4.69) is 77.5 Å². The van der Waals surface area contributed by atoms with E-state index < -0.39 is 0 Å². The van der Waals surface area contributed by atoms with E-state index in [1.165, 1.54) is 11.1 Å². The van der Waals surface area contributed by atoms with E-state index in [9.17, 15) is 0 Å². The summed E-state index contributed by atoms with van der Waals surface area (Å²) in [5.74, 6) is 0.399. The fourth-order valence-corrected chi connectivity index (χ4v) is 4.37. The van der Waals surface area contributed by atoms with Crippen LogP contribution in [0, 0.1) is 0 Å². The molecule has 2 heterocycles. The minimum Gasteiger partial charge on any atom is -0.378 e. The predicted molar refractivity (Wildman–Crippen MR) is 97.3 cm³/mol. The van der Waals surface area contributed by atoms with Gasteiger partial charge in [-0.1, -0.05) is 60.7 Å². The average Bonchev–Trinajstić information content (AvgIpc) is 2.63. The van der Waals surface area contributed by atoms with Crippen LogP contribution in [0.1, 0.15) is 17.0 Å². The van der Waals surface area contributed by atoms with E-state index in [0.717, 1.165) is 32.8 Å². The molecule has 0 saturated carbocycles. The van der Waals surface area contributed by atoms with Crippen molar-refractivity contribution in [2.24, 2.45) is 0 Å². The Morgan fingerprint density at radius 3 is 2.17 bits per heavy atom. The van der Waals surface area contributed by atoms with Crippen molar-refractivity contribution in [3.05, 3.63) is 71.8 Å². The number of hydrogen-bond donors (Lipinski definition) is 0. The van der Waals surface area contributed by atoms with E-state index in [-0.39, 0.29) is 0 Å². The second-order valence-corrected chi connectivity index (χ2v) is 7.05. The molecule has 2 aromatic carbocycles. The van der Waals surface area contributed by atoms with Gasteiger partial charge in [0.1, 0.15) is 0 Å². The fraction of sp³-hybridized carbons (Fsp3) is 0.429. The molecule has 2 atom stereocenters. The highest BCUT2D eigenvalue weighted by Gasteiger charge is 2.40. The molecule has 2 fully saturated rings. The van der Waals surface area contributed by atoms with E-state index in [4.69, 9.17) is 4.74 Å². The maximum absolute atomic E-state index is 5.76. The highest BCUT2D eigenvalue weighted by Crippen LogP contribution is 2.34. The number of nitrogens with zero attached hydrogens (tertiary/aromatic N) is 2. The van der Waals surface area contributed by atoms with Gasteiger partial charge < -0.3 is 9.64 Å². The third kappa shape index (κ3) is 3.12. The molecule has 0 aliphatic carbocycles. The Morgan fingerprint density at radius 2 is 1.54 bits per heavy atom. The molecule has 0 N–H and O–H groups in total. The van der Waals surface area contributed by atoms with Gasteiger partial charge in [-0.25, -0.2) is 0 Å². The number of piperazine rings is 1. The van der Waals surface area contributed by atoms with Crippen molar-refractivity contribution >= 4 is 0 Å². The van der Waals surface area contributed by atoms with Crippen LogP contribution in [0.5, 0.6) is 0 Å². The van der Waals surface area contributed by atoms with Crippen molar-refractivity contribution in [3.8, 4) is 0 Å². The van der Waals surface area contributed by atoms with Crippen molar-refractivity contribution in [2.75, 3.05) is 39.9 Å². The average molecular weight is 322 g/mol. The molecule has 0 aromatic heterocycles. The van der Waals surface area contributed by atoms with Gasteiger partial charge in [-0.2, -0.15) is 0 Å². The van der Waals surface area contributed by atoms with Crippen molar-refractivity contribution < 1.29 is 4.74 Å². The summed E-state index contributed by atoms with van der Waals surface area (Å²) in [6, 6.07) is 23.0. The summed E-state index contributed by atoms with van der Waals surface area (Å²) in [7, 11) is 2.24. The quantitative estimate of drug-likeness (QED) is 0.864. The summed E-state index contributed by atoms with van der Waals surface area (Å²) >= 11 is 0. The van der Waals surface area contributed by atoms with Gasteiger partial charge in [0, 0.05) is 37.6 Å². The third-order valence-corrected chi connectivity index (χ3v) is 5.42. The first-order chi connectivity index (χ1) is 11.8. The Hall–Kier alpha value is -1.68. The van der Waals surface area contributed by atoms with Crippen molar-refractivity contribution in [1.29, 1.82) is 0 Å². The van der Waals surface area contributed by atoms with Crippen LogP contribution in [0.3, 0.4) is 0 Å². The normalized spacial score (nSPS) is 25.6. The number of fused-ring (bicyclic) bond motifs is 1. The molecule has 2 aliphatic heterocycles. The van der Waals surface area contributed by atoms with Gasteiger partial charge in [-0.3, -0.25) is 4.90 Å². The second kappa shape index (κ2) is 7.06. The molecular formula is C21H26N2O. The Kier molecular flexibility index (Phi) is 4.65. The van der Waals surface area contributed by atoms with Crippen LogP contribution in [0.15, 0.2) is 60.7 Å². The highest BCUT2D eigenvalue weighted by molar-refractivity contribution is 5.35. The third-order valence-electron chi connectivity index (χ3n) is 5.42. The maximum atomic E-state index is 5.76. The van der Waals surface area contributed by atoms with E-state index in [0.29, 0.717) is 18.0 Å². The smallest absolute Gasteiger partial charge is 0.0635 e. The predicted octanol–water partition coefficient (Wildman–Crippen LogP) is 2.83. The standard InChI is InChI=1S/C21H26N2O/c1-22-14-19-16-24-13-12-23(19)20(15-22)21(17-8-4-2-5-9-17)18-10-6-3-7-11-18/h2-11,19-21H,12-16H2,1H3. The van der Waals surface area contributed by atoms with Gasteiger partial charge in [0.25, 0.3) is 0 Å². The van der Waals surface area contributed by atoms with Gasteiger partial charge in [0.2, 0.25) is 0 Å². The summed E-state index contributed by atoms with van der Waals surface area (Å²) in [4.78, 5) is 5.17. The Bertz CT molecular complexity index is 606. The minimum absolute atomic E-state index is 0.399. The summed E-state index contributed by atoms with van der Waals surface area (Å²) in [5, 5.41) is 0. The molecule has 2 aromatic rings. The summed E-state index contributed by atoms with van der Waals surface area (Å²) in [6.45, 7) is 4.96. The minimum atomic E-state index is 0.399. The van der Waals surface area contributed by atoms with Crippen LogP contribution in [0.2, 0.25) is 0 Å². The largest absolute Gasteiger partial charge is 0.378 e. The first-order valence-corrected chi connectivity index (χ1v) is 8.95. The number of ether oxygens (including phenoxy) is 1. The van der Waals surface area contributed by atoms with Crippen LogP contribution < -0.4 is 0 Å². The van der Waals surface area contributed by atoms with Gasteiger partial charge >= 0.3 is 0 Å². The Labute approximate surface area is 144 Å². The summed E-state index contributed by atoms with van der Waals surface area (Å²) < 4.78 is 5.76. The number of rotatable bonds is 3. The molecule has 0 radical (unpaired) electrons. The molecule has 3 heteroatoms. The van der Waals surface area contributed by atoms with Crippen molar-refractivity contribution in [1.82, 2.24) is 9.80 Å². The van der Waals surface area contributed by atoms with Crippen LogP contribution in [0.25, 0.3) is 0 Å². The van der Waals surface area contributed by atoms with Gasteiger partial charge in [-0.05, 0) is 18.2 Å². The number of morpholine rings is 1.